The molecular formula is C33H40O4. The molecule has 4 nitrogen and oxygen atoms in total. The molecule has 0 bridgehead atoms. The van der Waals surface area contributed by atoms with Crippen LogP contribution in [0.2, 0.25) is 0 Å². The van der Waals surface area contributed by atoms with Crippen molar-refractivity contribution >= 4 is 0 Å². The Bertz CT molecular complexity index is 1190. The second-order valence-corrected chi connectivity index (χ2v) is 11.4. The first kappa shape index (κ1) is 25.5. The Hall–Kier alpha value is -3.14. The SMILES string of the molecule is Cc1cc(O)c(C2CCCCC2)cc1C(c1ccc(O)c(O)c1)c1cc(C2CCCCC2)c(O)cc1C. The quantitative estimate of drug-likeness (QED) is 0.209. The van der Waals surface area contributed by atoms with Crippen molar-refractivity contribution < 1.29 is 20.4 Å². The molecule has 0 saturated heterocycles. The average molecular weight is 501 g/mol. The lowest BCUT2D eigenvalue weighted by Crippen LogP contribution is -2.12. The molecule has 3 aromatic carbocycles. The first-order chi connectivity index (χ1) is 17.8. The van der Waals surface area contributed by atoms with Gasteiger partial charge in [0.25, 0.3) is 0 Å². The van der Waals surface area contributed by atoms with Gasteiger partial charge >= 0.3 is 0 Å². The highest BCUT2D eigenvalue weighted by molar-refractivity contribution is 5.57. The summed E-state index contributed by atoms with van der Waals surface area (Å²) >= 11 is 0. The van der Waals surface area contributed by atoms with E-state index in [4.69, 9.17) is 0 Å². The second kappa shape index (κ2) is 10.7. The Kier molecular flexibility index (Phi) is 7.37. The van der Waals surface area contributed by atoms with E-state index in [1.165, 1.54) is 38.5 Å². The van der Waals surface area contributed by atoms with Gasteiger partial charge in [-0.25, -0.2) is 0 Å². The van der Waals surface area contributed by atoms with Crippen molar-refractivity contribution in [1.82, 2.24) is 0 Å². The smallest absolute Gasteiger partial charge is 0.157 e. The number of aryl methyl sites for hydroxylation is 2. The van der Waals surface area contributed by atoms with Crippen LogP contribution < -0.4 is 0 Å². The minimum Gasteiger partial charge on any atom is -0.508 e. The molecule has 0 radical (unpaired) electrons. The van der Waals surface area contributed by atoms with Crippen molar-refractivity contribution in [2.24, 2.45) is 0 Å². The first-order valence-electron chi connectivity index (χ1n) is 14.0. The zero-order valence-electron chi connectivity index (χ0n) is 22.1. The summed E-state index contributed by atoms with van der Waals surface area (Å²) in [5, 5.41) is 42.5. The van der Waals surface area contributed by atoms with E-state index in [2.05, 4.69) is 12.1 Å². The molecule has 2 aliphatic rings. The lowest BCUT2D eigenvalue weighted by atomic mass is 9.76. The van der Waals surface area contributed by atoms with Crippen LogP contribution >= 0.6 is 0 Å². The Morgan fingerprint density at radius 3 is 1.43 bits per heavy atom. The Balaban J connectivity index is 1.70. The minimum absolute atomic E-state index is 0.141. The molecular weight excluding hydrogens is 460 g/mol. The van der Waals surface area contributed by atoms with Gasteiger partial charge in [0.2, 0.25) is 0 Å². The van der Waals surface area contributed by atoms with Gasteiger partial charge in [0.05, 0.1) is 0 Å². The number of phenolic OH excluding ortho intramolecular Hbond substituents is 4. The minimum atomic E-state index is -0.211. The monoisotopic (exact) mass is 500 g/mol. The van der Waals surface area contributed by atoms with Crippen molar-refractivity contribution in [1.29, 1.82) is 0 Å². The van der Waals surface area contributed by atoms with E-state index < -0.39 is 0 Å². The molecule has 0 spiro atoms. The molecule has 2 aliphatic carbocycles. The molecule has 2 saturated carbocycles. The summed E-state index contributed by atoms with van der Waals surface area (Å²) < 4.78 is 0. The van der Waals surface area contributed by atoms with E-state index in [1.807, 2.05) is 32.0 Å². The van der Waals surface area contributed by atoms with E-state index in [9.17, 15) is 20.4 Å². The maximum Gasteiger partial charge on any atom is 0.157 e. The summed E-state index contributed by atoms with van der Waals surface area (Å²) in [7, 11) is 0. The topological polar surface area (TPSA) is 80.9 Å². The second-order valence-electron chi connectivity index (χ2n) is 11.4. The third-order valence-corrected chi connectivity index (χ3v) is 8.88. The van der Waals surface area contributed by atoms with Crippen molar-refractivity contribution in [3.8, 4) is 23.0 Å². The molecule has 2 fully saturated rings. The van der Waals surface area contributed by atoms with Gasteiger partial charge in [0, 0.05) is 5.92 Å². The van der Waals surface area contributed by atoms with Gasteiger partial charge < -0.3 is 20.4 Å². The molecule has 0 unspecified atom stereocenters. The fraction of sp³-hybridized carbons (Fsp3) is 0.455. The summed E-state index contributed by atoms with van der Waals surface area (Å²) in [5.74, 6) is 0.934. The first-order valence-corrected chi connectivity index (χ1v) is 14.0. The molecule has 0 amide bonds. The van der Waals surface area contributed by atoms with Crippen molar-refractivity contribution in [2.45, 2.75) is 95.8 Å². The van der Waals surface area contributed by atoms with E-state index in [-0.39, 0.29) is 17.4 Å². The highest BCUT2D eigenvalue weighted by Gasteiger charge is 2.28. The molecule has 4 heteroatoms. The average Bonchev–Trinajstić information content (AvgIpc) is 2.89. The van der Waals surface area contributed by atoms with Gasteiger partial charge in [0.15, 0.2) is 11.5 Å². The van der Waals surface area contributed by atoms with Gasteiger partial charge in [-0.15, -0.1) is 0 Å². The molecule has 5 rings (SSSR count). The predicted octanol–water partition coefficient (Wildman–Crippen LogP) is 8.40. The van der Waals surface area contributed by atoms with Gasteiger partial charge in [-0.2, -0.15) is 0 Å². The molecule has 37 heavy (non-hydrogen) atoms. The predicted molar refractivity (Wildman–Crippen MR) is 148 cm³/mol. The zero-order chi connectivity index (χ0) is 26.1. The fourth-order valence-electron chi connectivity index (χ4n) is 6.80. The lowest BCUT2D eigenvalue weighted by Gasteiger charge is -2.29. The van der Waals surface area contributed by atoms with Crippen LogP contribution in [0.3, 0.4) is 0 Å². The molecule has 0 aliphatic heterocycles. The van der Waals surface area contributed by atoms with Crippen LogP contribution in [-0.2, 0) is 0 Å². The van der Waals surface area contributed by atoms with Gasteiger partial charge in [-0.3, -0.25) is 0 Å². The fourth-order valence-corrected chi connectivity index (χ4v) is 6.80. The van der Waals surface area contributed by atoms with E-state index in [1.54, 1.807) is 12.1 Å². The Morgan fingerprint density at radius 1 is 0.541 bits per heavy atom. The largest absolute Gasteiger partial charge is 0.508 e. The van der Waals surface area contributed by atoms with Crippen LogP contribution in [-0.4, -0.2) is 20.4 Å². The molecule has 196 valence electrons. The summed E-state index contributed by atoms with van der Waals surface area (Å²) in [4.78, 5) is 0. The molecule has 3 aromatic rings. The summed E-state index contributed by atoms with van der Waals surface area (Å²) in [6.07, 6.45) is 11.6. The summed E-state index contributed by atoms with van der Waals surface area (Å²) in [6, 6.07) is 13.2. The molecule has 4 N–H and O–H groups in total. The summed E-state index contributed by atoms with van der Waals surface area (Å²) in [5.41, 5.74) is 7.05. The van der Waals surface area contributed by atoms with Crippen molar-refractivity contribution in [2.75, 3.05) is 0 Å². The number of rotatable bonds is 5. The Morgan fingerprint density at radius 2 is 1.00 bits per heavy atom. The van der Waals surface area contributed by atoms with Gasteiger partial charge in [0.1, 0.15) is 11.5 Å². The lowest BCUT2D eigenvalue weighted by molar-refractivity contribution is 0.403. The van der Waals surface area contributed by atoms with Gasteiger partial charge in [-0.05, 0) is 115 Å². The van der Waals surface area contributed by atoms with Crippen molar-refractivity contribution in [3.05, 3.63) is 81.4 Å². The van der Waals surface area contributed by atoms with Crippen LogP contribution in [0.1, 0.15) is 121 Å². The van der Waals surface area contributed by atoms with E-state index >= 15 is 0 Å². The summed E-state index contributed by atoms with van der Waals surface area (Å²) in [6.45, 7) is 4.07. The number of phenols is 4. The Labute approximate surface area is 220 Å². The molecule has 0 atom stereocenters. The highest BCUT2D eigenvalue weighted by atomic mass is 16.3. The van der Waals surface area contributed by atoms with Crippen LogP contribution in [0.4, 0.5) is 0 Å². The van der Waals surface area contributed by atoms with Crippen LogP contribution in [0.5, 0.6) is 23.0 Å². The van der Waals surface area contributed by atoms with E-state index in [0.29, 0.717) is 23.3 Å². The standard InChI is InChI=1S/C33H40O4/c1-20-15-30(35)27(22-9-5-3-6-10-22)18-25(20)33(24-13-14-29(34)32(37)17-24)26-19-28(31(36)16-21(26)2)23-11-7-4-8-12-23/h13-19,22-23,33-37H,3-12H2,1-2H3. The highest BCUT2D eigenvalue weighted by Crippen LogP contribution is 2.46. The number of hydrogen-bond donors (Lipinski definition) is 4. The zero-order valence-corrected chi connectivity index (χ0v) is 22.1. The number of benzene rings is 3. The number of aromatic hydroxyl groups is 4. The third kappa shape index (κ3) is 5.16. The van der Waals surface area contributed by atoms with Crippen LogP contribution in [0.15, 0.2) is 42.5 Å². The number of hydrogen-bond acceptors (Lipinski definition) is 4. The third-order valence-electron chi connectivity index (χ3n) is 8.88. The maximum absolute atomic E-state index is 11.0. The maximum atomic E-state index is 11.0. The van der Waals surface area contributed by atoms with E-state index in [0.717, 1.165) is 64.6 Å². The normalized spacial score (nSPS) is 17.4. The van der Waals surface area contributed by atoms with Crippen LogP contribution in [0.25, 0.3) is 0 Å². The molecule has 0 aromatic heterocycles. The van der Waals surface area contributed by atoms with Crippen LogP contribution in [0, 0.1) is 13.8 Å². The van der Waals surface area contributed by atoms with Crippen molar-refractivity contribution in [3.63, 3.8) is 0 Å². The van der Waals surface area contributed by atoms with Gasteiger partial charge in [-0.1, -0.05) is 56.7 Å². The molecule has 0 heterocycles.